The molecule has 1 aliphatic rings. The second-order valence-corrected chi connectivity index (χ2v) is 4.18. The summed E-state index contributed by atoms with van der Waals surface area (Å²) in [5, 5.41) is 2.02. The molecule has 14 heavy (non-hydrogen) atoms. The van der Waals surface area contributed by atoms with Crippen molar-refractivity contribution in [3.63, 3.8) is 0 Å². The number of hydrogen-bond donors (Lipinski definition) is 2. The molecule has 0 spiro atoms. The summed E-state index contributed by atoms with van der Waals surface area (Å²) in [6, 6.07) is 0.0431. The van der Waals surface area contributed by atoms with Crippen LogP contribution in [0.1, 0.15) is 31.0 Å². The number of aromatic nitrogens is 1. The Balaban J connectivity index is 2.04. The molecule has 2 atom stereocenters. The summed E-state index contributed by atoms with van der Waals surface area (Å²) >= 11 is 1.59. The minimum Gasteiger partial charge on any atom is -0.376 e. The van der Waals surface area contributed by atoms with Gasteiger partial charge in [-0.25, -0.2) is 10.4 Å². The van der Waals surface area contributed by atoms with Crippen LogP contribution in [0.15, 0.2) is 10.9 Å². The highest BCUT2D eigenvalue weighted by Crippen LogP contribution is 2.25. The number of ether oxygens (including phenoxy) is 1. The summed E-state index contributed by atoms with van der Waals surface area (Å²) < 4.78 is 5.68. The van der Waals surface area contributed by atoms with Crippen molar-refractivity contribution in [2.45, 2.75) is 31.4 Å². The van der Waals surface area contributed by atoms with Gasteiger partial charge in [-0.3, -0.25) is 5.84 Å². The number of nitrogens with zero attached hydrogens (tertiary/aromatic N) is 1. The Morgan fingerprint density at radius 2 is 2.57 bits per heavy atom. The molecule has 0 amide bonds. The zero-order chi connectivity index (χ0) is 9.80. The van der Waals surface area contributed by atoms with Crippen LogP contribution in [-0.2, 0) is 4.74 Å². The third kappa shape index (κ3) is 2.12. The Labute approximate surface area is 87.4 Å². The molecule has 0 aromatic carbocycles. The molecule has 2 rings (SSSR count). The van der Waals surface area contributed by atoms with Crippen molar-refractivity contribution in [2.24, 2.45) is 5.84 Å². The highest BCUT2D eigenvalue weighted by molar-refractivity contribution is 7.07. The van der Waals surface area contributed by atoms with Gasteiger partial charge in [0.25, 0.3) is 0 Å². The minimum atomic E-state index is 0.0431. The summed E-state index contributed by atoms with van der Waals surface area (Å²) in [5.74, 6) is 5.53. The number of hydrazine groups is 1. The van der Waals surface area contributed by atoms with Gasteiger partial charge in [0, 0.05) is 12.0 Å². The van der Waals surface area contributed by atoms with E-state index in [0.29, 0.717) is 0 Å². The summed E-state index contributed by atoms with van der Waals surface area (Å²) in [4.78, 5) is 4.26. The molecule has 2 unspecified atom stereocenters. The lowest BCUT2D eigenvalue weighted by Crippen LogP contribution is -2.39. The third-order valence-electron chi connectivity index (χ3n) is 2.54. The molecule has 78 valence electrons. The largest absolute Gasteiger partial charge is 0.376 e. The number of thiazole rings is 1. The fourth-order valence-electron chi connectivity index (χ4n) is 1.79. The maximum absolute atomic E-state index is 5.68. The van der Waals surface area contributed by atoms with Crippen molar-refractivity contribution >= 4 is 11.3 Å². The summed E-state index contributed by atoms with van der Waals surface area (Å²) in [7, 11) is 0. The second-order valence-electron chi connectivity index (χ2n) is 3.46. The number of rotatable bonds is 3. The van der Waals surface area contributed by atoms with Crippen LogP contribution in [0, 0.1) is 0 Å². The first-order valence-electron chi connectivity index (χ1n) is 4.87. The molecule has 3 N–H and O–H groups in total. The van der Waals surface area contributed by atoms with E-state index >= 15 is 0 Å². The van der Waals surface area contributed by atoms with Crippen LogP contribution < -0.4 is 11.3 Å². The molecule has 0 saturated carbocycles. The molecular formula is C9H15N3OS. The van der Waals surface area contributed by atoms with Crippen LogP contribution in [0.5, 0.6) is 0 Å². The lowest BCUT2D eigenvalue weighted by Gasteiger charge is -2.28. The van der Waals surface area contributed by atoms with Crippen LogP contribution >= 0.6 is 11.3 Å². The van der Waals surface area contributed by atoms with Crippen LogP contribution in [0.25, 0.3) is 0 Å². The fourth-order valence-corrected chi connectivity index (χ4v) is 2.38. The lowest BCUT2D eigenvalue weighted by molar-refractivity contribution is -0.00897. The summed E-state index contributed by atoms with van der Waals surface area (Å²) in [6.45, 7) is 0.840. The first kappa shape index (κ1) is 10.0. The summed E-state index contributed by atoms with van der Waals surface area (Å²) in [5.41, 5.74) is 5.61. The number of nitrogens with one attached hydrogen (secondary N) is 1. The molecule has 5 heteroatoms. The van der Waals surface area contributed by atoms with Crippen molar-refractivity contribution in [3.8, 4) is 0 Å². The van der Waals surface area contributed by atoms with E-state index in [1.807, 2.05) is 10.9 Å². The van der Waals surface area contributed by atoms with Gasteiger partial charge in [-0.1, -0.05) is 0 Å². The Bertz CT molecular complexity index is 259. The topological polar surface area (TPSA) is 60.2 Å². The van der Waals surface area contributed by atoms with E-state index in [9.17, 15) is 0 Å². The highest BCUT2D eigenvalue weighted by Gasteiger charge is 2.26. The van der Waals surface area contributed by atoms with Gasteiger partial charge in [0.15, 0.2) is 0 Å². The molecule has 0 bridgehead atoms. The zero-order valence-corrected chi connectivity index (χ0v) is 8.80. The molecule has 1 fully saturated rings. The molecule has 1 aliphatic heterocycles. The minimum absolute atomic E-state index is 0.0431. The van der Waals surface area contributed by atoms with Crippen molar-refractivity contribution in [2.75, 3.05) is 6.61 Å². The Hall–Kier alpha value is -0.490. The van der Waals surface area contributed by atoms with Gasteiger partial charge < -0.3 is 4.74 Å². The van der Waals surface area contributed by atoms with Gasteiger partial charge in [-0.05, 0) is 19.3 Å². The number of nitrogens with two attached hydrogens (primary N) is 1. The zero-order valence-electron chi connectivity index (χ0n) is 7.98. The van der Waals surface area contributed by atoms with Gasteiger partial charge in [-0.15, -0.1) is 11.3 Å². The number of hydrogen-bond acceptors (Lipinski definition) is 5. The van der Waals surface area contributed by atoms with Gasteiger partial charge >= 0.3 is 0 Å². The molecule has 1 aromatic rings. The molecule has 4 nitrogen and oxygen atoms in total. The smallest absolute Gasteiger partial charge is 0.0901 e. The van der Waals surface area contributed by atoms with E-state index in [1.54, 1.807) is 11.3 Å². The van der Waals surface area contributed by atoms with Crippen LogP contribution in [-0.4, -0.2) is 17.7 Å². The van der Waals surface area contributed by atoms with Crippen molar-refractivity contribution in [1.82, 2.24) is 10.4 Å². The van der Waals surface area contributed by atoms with Crippen LogP contribution in [0.2, 0.25) is 0 Å². The fraction of sp³-hybridized carbons (Fsp3) is 0.667. The standard InChI is InChI=1S/C9H15N3OS/c10-12-9(7-5-14-6-11-7)8-3-1-2-4-13-8/h5-6,8-9,12H,1-4,10H2. The van der Waals surface area contributed by atoms with E-state index in [0.717, 1.165) is 25.1 Å². The van der Waals surface area contributed by atoms with E-state index < -0.39 is 0 Å². The van der Waals surface area contributed by atoms with Gasteiger partial charge in [0.2, 0.25) is 0 Å². The van der Waals surface area contributed by atoms with Gasteiger partial charge in [0.1, 0.15) is 0 Å². The maximum atomic E-state index is 5.68. The average molecular weight is 213 g/mol. The second kappa shape index (κ2) is 4.84. The SMILES string of the molecule is NNC(c1cscn1)C1CCCCO1. The van der Waals surface area contributed by atoms with Crippen molar-refractivity contribution < 1.29 is 4.74 Å². The van der Waals surface area contributed by atoms with E-state index in [2.05, 4.69) is 10.4 Å². The molecule has 1 saturated heterocycles. The van der Waals surface area contributed by atoms with Gasteiger partial charge in [0.05, 0.1) is 23.4 Å². The molecule has 2 heterocycles. The molecular weight excluding hydrogens is 198 g/mol. The highest BCUT2D eigenvalue weighted by atomic mass is 32.1. The molecule has 1 aromatic heterocycles. The quantitative estimate of drug-likeness (QED) is 0.585. The van der Waals surface area contributed by atoms with Crippen molar-refractivity contribution in [3.05, 3.63) is 16.6 Å². The van der Waals surface area contributed by atoms with Crippen LogP contribution in [0.3, 0.4) is 0 Å². The molecule has 0 radical (unpaired) electrons. The predicted molar refractivity (Wildman–Crippen MR) is 55.8 cm³/mol. The Kier molecular flexibility index (Phi) is 3.47. The monoisotopic (exact) mass is 213 g/mol. The normalized spacial score (nSPS) is 24.8. The molecule has 0 aliphatic carbocycles. The summed E-state index contributed by atoms with van der Waals surface area (Å²) in [6.07, 6.45) is 3.61. The van der Waals surface area contributed by atoms with E-state index in [1.165, 1.54) is 6.42 Å². The van der Waals surface area contributed by atoms with Gasteiger partial charge in [-0.2, -0.15) is 0 Å². The Morgan fingerprint density at radius 1 is 1.64 bits per heavy atom. The van der Waals surface area contributed by atoms with Crippen LogP contribution in [0.4, 0.5) is 0 Å². The average Bonchev–Trinajstić information content (AvgIpc) is 2.74. The van der Waals surface area contributed by atoms with Crippen molar-refractivity contribution in [1.29, 1.82) is 0 Å². The Morgan fingerprint density at radius 3 is 3.14 bits per heavy atom. The first-order valence-corrected chi connectivity index (χ1v) is 5.82. The van der Waals surface area contributed by atoms with E-state index in [4.69, 9.17) is 10.6 Å². The maximum Gasteiger partial charge on any atom is 0.0901 e. The first-order chi connectivity index (χ1) is 6.92. The van der Waals surface area contributed by atoms with E-state index in [-0.39, 0.29) is 12.1 Å². The third-order valence-corrected chi connectivity index (χ3v) is 3.14. The lowest BCUT2D eigenvalue weighted by atomic mass is 10.0. The predicted octanol–water partition coefficient (Wildman–Crippen LogP) is 1.22.